The van der Waals surface area contributed by atoms with E-state index < -0.39 is 28.3 Å². The smallest absolute Gasteiger partial charge is 0.344 e. The number of fused-ring (bicyclic) bond motifs is 1. The largest absolute Gasteiger partial charge is 0.449 e. The maximum absolute atomic E-state index is 12.8. The van der Waals surface area contributed by atoms with E-state index in [1.807, 2.05) is 6.92 Å². The molecule has 0 saturated heterocycles. The Balaban J connectivity index is 1.84. The van der Waals surface area contributed by atoms with E-state index in [2.05, 4.69) is 10.3 Å². The lowest BCUT2D eigenvalue weighted by atomic mass is 10.2. The number of nitrogens with one attached hydrogen (secondary N) is 1. The number of nitro groups is 1. The van der Waals surface area contributed by atoms with Crippen LogP contribution in [-0.4, -0.2) is 32.5 Å². The van der Waals surface area contributed by atoms with Crippen LogP contribution in [0.2, 0.25) is 5.02 Å². The van der Waals surface area contributed by atoms with Crippen LogP contribution in [0.15, 0.2) is 41.3 Å². The van der Waals surface area contributed by atoms with Gasteiger partial charge in [-0.25, -0.2) is 9.78 Å². The maximum Gasteiger partial charge on any atom is 0.344 e. The van der Waals surface area contributed by atoms with Gasteiger partial charge in [-0.05, 0) is 39.0 Å². The average Bonchev–Trinajstić information content (AvgIpc) is 2.75. The lowest BCUT2D eigenvalue weighted by Gasteiger charge is -2.15. The minimum Gasteiger partial charge on any atom is -0.449 e. The lowest BCUT2D eigenvalue weighted by Crippen LogP contribution is -2.32. The Hall–Kier alpha value is -3.79. The summed E-state index contributed by atoms with van der Waals surface area (Å²) in [6.07, 6.45) is 0.0424. The first kappa shape index (κ1) is 22.9. The number of rotatable bonds is 6. The van der Waals surface area contributed by atoms with Crippen molar-refractivity contribution >= 4 is 45.9 Å². The molecule has 1 aromatic carbocycles. The molecule has 166 valence electrons. The standard InChI is InChI=1S/C21H19ClN4O6/c1-4-25-10-15(18(27)14-7-5-11(2)23-19(14)25)21(29)32-12(3)20(28)24-17-9-13(26(30)31)6-8-16(17)22/h5-10,12H,4H2,1-3H3,(H,24,28)/t12-/m1/s1. The maximum atomic E-state index is 12.8. The molecule has 0 spiro atoms. The highest BCUT2D eigenvalue weighted by atomic mass is 35.5. The summed E-state index contributed by atoms with van der Waals surface area (Å²) in [6, 6.07) is 6.80. The number of aryl methyl sites for hydroxylation is 2. The molecule has 3 aromatic rings. The molecule has 1 N–H and O–H groups in total. The van der Waals surface area contributed by atoms with Crippen LogP contribution < -0.4 is 10.7 Å². The van der Waals surface area contributed by atoms with Crippen molar-refractivity contribution in [2.24, 2.45) is 0 Å². The van der Waals surface area contributed by atoms with Crippen LogP contribution in [0.1, 0.15) is 29.9 Å². The number of benzene rings is 1. The van der Waals surface area contributed by atoms with E-state index in [1.54, 1.807) is 23.6 Å². The number of carbonyl (C=O) groups is 2. The third-order valence-electron chi connectivity index (χ3n) is 4.69. The number of esters is 1. The van der Waals surface area contributed by atoms with Crippen LogP contribution in [0.5, 0.6) is 0 Å². The first-order chi connectivity index (χ1) is 15.1. The van der Waals surface area contributed by atoms with Crippen molar-refractivity contribution in [2.45, 2.75) is 33.4 Å². The summed E-state index contributed by atoms with van der Waals surface area (Å²) in [5.74, 6) is -1.75. The predicted octanol–water partition coefficient (Wildman–Crippen LogP) is 3.47. The van der Waals surface area contributed by atoms with Crippen molar-refractivity contribution in [1.82, 2.24) is 9.55 Å². The fourth-order valence-electron chi connectivity index (χ4n) is 2.98. The second kappa shape index (κ2) is 9.15. The summed E-state index contributed by atoms with van der Waals surface area (Å²) in [7, 11) is 0. The third kappa shape index (κ3) is 4.59. The van der Waals surface area contributed by atoms with E-state index in [0.717, 1.165) is 11.8 Å². The minimum atomic E-state index is -1.31. The van der Waals surface area contributed by atoms with Gasteiger partial charge in [-0.3, -0.25) is 19.7 Å². The number of nitro benzene ring substituents is 1. The highest BCUT2D eigenvalue weighted by Gasteiger charge is 2.24. The van der Waals surface area contributed by atoms with Crippen molar-refractivity contribution in [3.8, 4) is 0 Å². The molecule has 0 radical (unpaired) electrons. The van der Waals surface area contributed by atoms with Crippen LogP contribution in [0.3, 0.4) is 0 Å². The number of nitrogens with zero attached hydrogens (tertiary/aromatic N) is 3. The van der Waals surface area contributed by atoms with Gasteiger partial charge in [-0.15, -0.1) is 0 Å². The predicted molar refractivity (Wildman–Crippen MR) is 118 cm³/mol. The Morgan fingerprint density at radius 1 is 1.31 bits per heavy atom. The fraction of sp³-hybridized carbons (Fsp3) is 0.238. The average molecular weight is 459 g/mol. The summed E-state index contributed by atoms with van der Waals surface area (Å²) < 4.78 is 6.83. The topological polar surface area (TPSA) is 133 Å². The lowest BCUT2D eigenvalue weighted by molar-refractivity contribution is -0.384. The van der Waals surface area contributed by atoms with Crippen molar-refractivity contribution in [3.05, 3.63) is 73.1 Å². The van der Waals surface area contributed by atoms with Gasteiger partial charge in [-0.2, -0.15) is 0 Å². The van der Waals surface area contributed by atoms with E-state index in [1.165, 1.54) is 25.3 Å². The van der Waals surface area contributed by atoms with Gasteiger partial charge < -0.3 is 14.6 Å². The normalized spacial score (nSPS) is 11.8. The molecular weight excluding hydrogens is 440 g/mol. The zero-order valence-corrected chi connectivity index (χ0v) is 18.2. The highest BCUT2D eigenvalue weighted by Crippen LogP contribution is 2.27. The summed E-state index contributed by atoms with van der Waals surface area (Å²) in [4.78, 5) is 52.6. The van der Waals surface area contributed by atoms with Gasteiger partial charge in [0.15, 0.2) is 6.10 Å². The number of pyridine rings is 2. The second-order valence-electron chi connectivity index (χ2n) is 6.94. The number of carbonyl (C=O) groups excluding carboxylic acids is 2. The molecule has 2 aromatic heterocycles. The summed E-state index contributed by atoms with van der Waals surface area (Å²) in [6.45, 7) is 5.39. The SMILES string of the molecule is CCn1cc(C(=O)O[C@H](C)C(=O)Nc2cc([N+](=O)[O-])ccc2Cl)c(=O)c2ccc(C)nc21. The summed E-state index contributed by atoms with van der Waals surface area (Å²) >= 11 is 5.98. The molecule has 0 aliphatic carbocycles. The van der Waals surface area contributed by atoms with Gasteiger partial charge in [0.1, 0.15) is 11.2 Å². The fourth-order valence-corrected chi connectivity index (χ4v) is 3.15. The summed E-state index contributed by atoms with van der Waals surface area (Å²) in [5.41, 5.74) is 0.0954. The molecule has 0 aliphatic rings. The van der Waals surface area contributed by atoms with E-state index in [-0.39, 0.29) is 27.3 Å². The number of halogens is 1. The van der Waals surface area contributed by atoms with Gasteiger partial charge >= 0.3 is 5.97 Å². The molecule has 0 fully saturated rings. The Morgan fingerprint density at radius 2 is 2.03 bits per heavy atom. The third-order valence-corrected chi connectivity index (χ3v) is 5.02. The molecule has 1 amide bonds. The van der Waals surface area contributed by atoms with Crippen molar-refractivity contribution in [3.63, 3.8) is 0 Å². The zero-order valence-electron chi connectivity index (χ0n) is 17.4. The Morgan fingerprint density at radius 3 is 2.69 bits per heavy atom. The first-order valence-electron chi connectivity index (χ1n) is 9.59. The molecule has 32 heavy (non-hydrogen) atoms. The molecular formula is C21H19ClN4O6. The number of ether oxygens (including phenoxy) is 1. The van der Waals surface area contributed by atoms with E-state index >= 15 is 0 Å². The highest BCUT2D eigenvalue weighted by molar-refractivity contribution is 6.33. The quantitative estimate of drug-likeness (QED) is 0.339. The van der Waals surface area contributed by atoms with Gasteiger partial charge in [0, 0.05) is 30.6 Å². The number of hydrogen-bond acceptors (Lipinski definition) is 7. The number of non-ortho nitro benzene ring substituents is 1. The molecule has 0 bridgehead atoms. The molecule has 1 atom stereocenters. The number of amides is 1. The number of anilines is 1. The molecule has 0 aliphatic heterocycles. The molecule has 0 saturated carbocycles. The van der Waals surface area contributed by atoms with Gasteiger partial charge in [0.25, 0.3) is 11.6 Å². The Labute approximate surface area is 186 Å². The van der Waals surface area contributed by atoms with E-state index in [0.29, 0.717) is 12.2 Å². The first-order valence-corrected chi connectivity index (χ1v) is 9.96. The molecule has 2 heterocycles. The van der Waals surface area contributed by atoms with Gasteiger partial charge in [0.2, 0.25) is 5.43 Å². The molecule has 3 rings (SSSR count). The molecule has 10 nitrogen and oxygen atoms in total. The van der Waals surface area contributed by atoms with Crippen LogP contribution in [0.25, 0.3) is 11.0 Å². The minimum absolute atomic E-state index is 0.00532. The Bertz CT molecular complexity index is 1300. The van der Waals surface area contributed by atoms with Crippen molar-refractivity contribution in [1.29, 1.82) is 0 Å². The monoisotopic (exact) mass is 458 g/mol. The Kier molecular flexibility index (Phi) is 6.54. The van der Waals surface area contributed by atoms with Gasteiger partial charge in [0.05, 0.1) is 21.0 Å². The molecule has 11 heteroatoms. The molecule has 0 unspecified atom stereocenters. The van der Waals surface area contributed by atoms with Crippen molar-refractivity contribution in [2.75, 3.05) is 5.32 Å². The van der Waals surface area contributed by atoms with E-state index in [4.69, 9.17) is 16.3 Å². The van der Waals surface area contributed by atoms with Crippen LogP contribution in [0, 0.1) is 17.0 Å². The van der Waals surface area contributed by atoms with E-state index in [9.17, 15) is 24.5 Å². The number of aromatic nitrogens is 2. The van der Waals surface area contributed by atoms with Crippen molar-refractivity contribution < 1.29 is 19.2 Å². The zero-order chi connectivity index (χ0) is 23.6. The van der Waals surface area contributed by atoms with Crippen LogP contribution in [-0.2, 0) is 16.1 Å². The van der Waals surface area contributed by atoms with Crippen LogP contribution in [0.4, 0.5) is 11.4 Å². The van der Waals surface area contributed by atoms with Gasteiger partial charge in [-0.1, -0.05) is 11.6 Å². The van der Waals surface area contributed by atoms with Crippen LogP contribution >= 0.6 is 11.6 Å². The second-order valence-corrected chi connectivity index (χ2v) is 7.35. The number of hydrogen-bond donors (Lipinski definition) is 1. The summed E-state index contributed by atoms with van der Waals surface area (Å²) in [5, 5.41) is 13.6.